The summed E-state index contributed by atoms with van der Waals surface area (Å²) in [4.78, 5) is 0. The number of hydrogen-bond acceptors (Lipinski definition) is 4. The second-order valence-electron chi connectivity index (χ2n) is 3.21. The third-order valence-electron chi connectivity index (χ3n) is 1.90. The maximum Gasteiger partial charge on any atom is 0.146 e. The Bertz CT molecular complexity index is 132. The number of rotatable bonds is 5. The Balaban J connectivity index is 2.00. The van der Waals surface area contributed by atoms with Crippen LogP contribution in [0, 0.1) is 0 Å². The topological polar surface area (TPSA) is 39.7 Å². The van der Waals surface area contributed by atoms with E-state index in [4.69, 9.17) is 14.2 Å². The van der Waals surface area contributed by atoms with Crippen molar-refractivity contribution < 1.29 is 14.2 Å². The molecule has 1 saturated heterocycles. The highest BCUT2D eigenvalue weighted by molar-refractivity contribution is 4.70. The molecular weight excluding hydrogens is 170 g/mol. The number of nitrogens with one attached hydrogen (secondary N) is 1. The van der Waals surface area contributed by atoms with Crippen LogP contribution in [0.1, 0.15) is 13.8 Å². The van der Waals surface area contributed by atoms with Gasteiger partial charge >= 0.3 is 0 Å². The standard InChI is InChI=1S/C9H19NO3/c1-3-11-7-12-6-9-5-10-4-8(2)13-9/h8-10H,3-7H2,1-2H3. The summed E-state index contributed by atoms with van der Waals surface area (Å²) >= 11 is 0. The molecule has 78 valence electrons. The molecule has 0 amide bonds. The summed E-state index contributed by atoms with van der Waals surface area (Å²) in [5, 5.41) is 3.28. The normalized spacial score (nSPS) is 29.1. The molecule has 1 aliphatic heterocycles. The molecule has 0 aromatic rings. The molecule has 4 heteroatoms. The Kier molecular flexibility index (Phi) is 5.31. The van der Waals surface area contributed by atoms with Gasteiger partial charge in [0, 0.05) is 19.7 Å². The van der Waals surface area contributed by atoms with E-state index in [-0.39, 0.29) is 12.2 Å². The lowest BCUT2D eigenvalue weighted by Crippen LogP contribution is -2.45. The Morgan fingerprint density at radius 2 is 2.23 bits per heavy atom. The summed E-state index contributed by atoms with van der Waals surface area (Å²) in [6, 6.07) is 0. The molecule has 13 heavy (non-hydrogen) atoms. The Morgan fingerprint density at radius 3 is 2.92 bits per heavy atom. The number of ether oxygens (including phenoxy) is 3. The van der Waals surface area contributed by atoms with E-state index in [1.807, 2.05) is 6.92 Å². The maximum atomic E-state index is 5.62. The van der Waals surface area contributed by atoms with Gasteiger partial charge in [0.15, 0.2) is 0 Å². The van der Waals surface area contributed by atoms with Crippen molar-refractivity contribution in [3.8, 4) is 0 Å². The molecule has 4 nitrogen and oxygen atoms in total. The van der Waals surface area contributed by atoms with Gasteiger partial charge in [0.2, 0.25) is 0 Å². The van der Waals surface area contributed by atoms with Crippen LogP contribution in [-0.2, 0) is 14.2 Å². The Hall–Kier alpha value is -0.160. The summed E-state index contributed by atoms with van der Waals surface area (Å²) in [7, 11) is 0. The predicted molar refractivity (Wildman–Crippen MR) is 49.6 cm³/mol. The molecule has 0 aromatic carbocycles. The minimum Gasteiger partial charge on any atom is -0.370 e. The van der Waals surface area contributed by atoms with Crippen LogP contribution < -0.4 is 5.32 Å². The summed E-state index contributed by atoms with van der Waals surface area (Å²) in [6.45, 7) is 7.48. The molecule has 0 aromatic heterocycles. The van der Waals surface area contributed by atoms with Crippen molar-refractivity contribution in [2.45, 2.75) is 26.1 Å². The lowest BCUT2D eigenvalue weighted by molar-refractivity contribution is -0.111. The second kappa shape index (κ2) is 6.32. The number of hydrogen-bond donors (Lipinski definition) is 1. The first-order valence-electron chi connectivity index (χ1n) is 4.84. The van der Waals surface area contributed by atoms with E-state index in [0.29, 0.717) is 20.0 Å². The van der Waals surface area contributed by atoms with Gasteiger partial charge in [-0.05, 0) is 13.8 Å². The summed E-state index contributed by atoms with van der Waals surface area (Å²) in [5.41, 5.74) is 0. The van der Waals surface area contributed by atoms with E-state index >= 15 is 0 Å². The minimum absolute atomic E-state index is 0.171. The minimum atomic E-state index is 0.171. The maximum absolute atomic E-state index is 5.62. The second-order valence-corrected chi connectivity index (χ2v) is 3.21. The molecule has 1 aliphatic rings. The average Bonchev–Trinajstić information content (AvgIpc) is 2.13. The Labute approximate surface area is 79.5 Å². The number of morpholine rings is 1. The molecule has 0 spiro atoms. The van der Waals surface area contributed by atoms with E-state index in [2.05, 4.69) is 12.2 Å². The van der Waals surface area contributed by atoms with Gasteiger partial charge in [-0.15, -0.1) is 0 Å². The first kappa shape index (κ1) is 10.9. The summed E-state index contributed by atoms with van der Waals surface area (Å²) < 4.78 is 16.0. The highest BCUT2D eigenvalue weighted by Crippen LogP contribution is 2.03. The van der Waals surface area contributed by atoms with E-state index in [1.54, 1.807) is 0 Å². The van der Waals surface area contributed by atoms with Gasteiger partial charge < -0.3 is 19.5 Å². The monoisotopic (exact) mass is 189 g/mol. The van der Waals surface area contributed by atoms with Crippen molar-refractivity contribution in [2.24, 2.45) is 0 Å². The fraction of sp³-hybridized carbons (Fsp3) is 1.00. The van der Waals surface area contributed by atoms with Crippen molar-refractivity contribution in [1.82, 2.24) is 5.32 Å². The van der Waals surface area contributed by atoms with Crippen LogP contribution in [0.4, 0.5) is 0 Å². The van der Waals surface area contributed by atoms with Gasteiger partial charge in [0.25, 0.3) is 0 Å². The molecule has 1 fully saturated rings. The van der Waals surface area contributed by atoms with Gasteiger partial charge in [0.05, 0.1) is 18.8 Å². The molecule has 1 heterocycles. The van der Waals surface area contributed by atoms with Crippen LogP contribution in [0.25, 0.3) is 0 Å². The summed E-state index contributed by atoms with van der Waals surface area (Å²) in [6.07, 6.45) is 0.457. The average molecular weight is 189 g/mol. The van der Waals surface area contributed by atoms with Crippen molar-refractivity contribution >= 4 is 0 Å². The zero-order valence-electron chi connectivity index (χ0n) is 8.41. The van der Waals surface area contributed by atoms with Crippen LogP contribution in [0.15, 0.2) is 0 Å². The largest absolute Gasteiger partial charge is 0.370 e. The third kappa shape index (κ3) is 4.57. The fourth-order valence-electron chi connectivity index (χ4n) is 1.29. The molecule has 0 radical (unpaired) electrons. The molecular formula is C9H19NO3. The van der Waals surface area contributed by atoms with Gasteiger partial charge in [0.1, 0.15) is 6.79 Å². The van der Waals surface area contributed by atoms with E-state index in [1.165, 1.54) is 0 Å². The lowest BCUT2D eigenvalue weighted by atomic mass is 10.2. The van der Waals surface area contributed by atoms with Crippen molar-refractivity contribution in [1.29, 1.82) is 0 Å². The van der Waals surface area contributed by atoms with Crippen LogP contribution in [-0.4, -0.2) is 45.3 Å². The fourth-order valence-corrected chi connectivity index (χ4v) is 1.29. The predicted octanol–water partition coefficient (Wildman–Crippen LogP) is 0.374. The first-order chi connectivity index (χ1) is 6.33. The van der Waals surface area contributed by atoms with Crippen LogP contribution in [0.3, 0.4) is 0 Å². The smallest absolute Gasteiger partial charge is 0.146 e. The zero-order valence-corrected chi connectivity index (χ0v) is 8.41. The Morgan fingerprint density at radius 1 is 1.38 bits per heavy atom. The lowest BCUT2D eigenvalue weighted by Gasteiger charge is -2.28. The van der Waals surface area contributed by atoms with Gasteiger partial charge in [-0.25, -0.2) is 0 Å². The zero-order chi connectivity index (χ0) is 9.52. The van der Waals surface area contributed by atoms with Gasteiger partial charge in [-0.3, -0.25) is 0 Å². The van der Waals surface area contributed by atoms with Crippen molar-refractivity contribution in [3.63, 3.8) is 0 Å². The van der Waals surface area contributed by atoms with Crippen molar-refractivity contribution in [3.05, 3.63) is 0 Å². The molecule has 0 aliphatic carbocycles. The van der Waals surface area contributed by atoms with Crippen LogP contribution in [0.5, 0.6) is 0 Å². The molecule has 0 saturated carbocycles. The van der Waals surface area contributed by atoms with E-state index < -0.39 is 0 Å². The van der Waals surface area contributed by atoms with E-state index in [9.17, 15) is 0 Å². The van der Waals surface area contributed by atoms with Crippen molar-refractivity contribution in [2.75, 3.05) is 33.1 Å². The van der Waals surface area contributed by atoms with Gasteiger partial charge in [-0.1, -0.05) is 0 Å². The SMILES string of the molecule is CCOCOCC1CNCC(C)O1. The molecule has 1 N–H and O–H groups in total. The molecule has 2 unspecified atom stereocenters. The highest BCUT2D eigenvalue weighted by atomic mass is 16.7. The van der Waals surface area contributed by atoms with Crippen LogP contribution >= 0.6 is 0 Å². The molecule has 2 atom stereocenters. The summed E-state index contributed by atoms with van der Waals surface area (Å²) in [5.74, 6) is 0. The van der Waals surface area contributed by atoms with Crippen LogP contribution in [0.2, 0.25) is 0 Å². The molecule has 0 bridgehead atoms. The molecule has 1 rings (SSSR count). The highest BCUT2D eigenvalue weighted by Gasteiger charge is 2.18. The quantitative estimate of drug-likeness (QED) is 0.501. The first-order valence-corrected chi connectivity index (χ1v) is 4.84. The van der Waals surface area contributed by atoms with Gasteiger partial charge in [-0.2, -0.15) is 0 Å². The third-order valence-corrected chi connectivity index (χ3v) is 1.90. The van der Waals surface area contributed by atoms with E-state index in [0.717, 1.165) is 13.1 Å².